The highest BCUT2D eigenvalue weighted by Gasteiger charge is 2.11. The monoisotopic (exact) mass is 272 g/mol. The predicted molar refractivity (Wildman–Crippen MR) is 74.3 cm³/mol. The molecule has 2 aromatic rings. The molecule has 0 radical (unpaired) electrons. The third kappa shape index (κ3) is 3.12. The molecule has 5 nitrogen and oxygen atoms in total. The number of hydrogen-bond acceptors (Lipinski definition) is 5. The first kappa shape index (κ1) is 14.0. The molecule has 1 aromatic heterocycles. The molecular formula is C15H16N2O3. The van der Waals surface area contributed by atoms with Crippen molar-refractivity contribution >= 4 is 5.78 Å². The summed E-state index contributed by atoms with van der Waals surface area (Å²) >= 11 is 0. The molecule has 0 aliphatic heterocycles. The van der Waals surface area contributed by atoms with E-state index in [0.717, 1.165) is 5.56 Å². The maximum absolute atomic E-state index is 12.2. The van der Waals surface area contributed by atoms with Crippen LogP contribution in [0.25, 0.3) is 0 Å². The van der Waals surface area contributed by atoms with Gasteiger partial charge in [-0.25, -0.2) is 9.97 Å². The van der Waals surface area contributed by atoms with Crippen LogP contribution < -0.4 is 9.47 Å². The number of aromatic nitrogens is 2. The zero-order valence-electron chi connectivity index (χ0n) is 11.7. The number of Topliss-reactive ketones (excluding diaryl/α,β-unsaturated/α-hetero) is 1. The number of hydrogen-bond donors (Lipinski definition) is 0. The van der Waals surface area contributed by atoms with Crippen molar-refractivity contribution in [3.63, 3.8) is 0 Å². The first-order chi connectivity index (χ1) is 9.63. The van der Waals surface area contributed by atoms with Crippen molar-refractivity contribution in [1.29, 1.82) is 0 Å². The average molecular weight is 272 g/mol. The van der Waals surface area contributed by atoms with Crippen molar-refractivity contribution in [2.24, 2.45) is 0 Å². The van der Waals surface area contributed by atoms with Crippen molar-refractivity contribution in [3.8, 4) is 11.6 Å². The number of benzene rings is 1. The van der Waals surface area contributed by atoms with Crippen LogP contribution in [0.5, 0.6) is 11.6 Å². The Morgan fingerprint density at radius 1 is 1.15 bits per heavy atom. The second-order valence-corrected chi connectivity index (χ2v) is 4.34. The Kier molecular flexibility index (Phi) is 4.30. The van der Waals surface area contributed by atoms with Crippen LogP contribution in [0, 0.1) is 6.92 Å². The Hall–Kier alpha value is -2.43. The summed E-state index contributed by atoms with van der Waals surface area (Å²) in [4.78, 5) is 20.2. The molecule has 0 spiro atoms. The molecule has 104 valence electrons. The van der Waals surface area contributed by atoms with Gasteiger partial charge in [0.1, 0.15) is 12.1 Å². The van der Waals surface area contributed by atoms with Crippen molar-refractivity contribution in [1.82, 2.24) is 9.97 Å². The number of methoxy groups -OCH3 is 2. The van der Waals surface area contributed by atoms with Crippen molar-refractivity contribution in [2.45, 2.75) is 13.3 Å². The first-order valence-corrected chi connectivity index (χ1v) is 6.16. The van der Waals surface area contributed by atoms with Gasteiger partial charge in [-0.3, -0.25) is 4.79 Å². The van der Waals surface area contributed by atoms with Gasteiger partial charge in [0.15, 0.2) is 5.78 Å². The van der Waals surface area contributed by atoms with Gasteiger partial charge in [-0.05, 0) is 18.6 Å². The molecule has 0 unspecified atom stereocenters. The fraction of sp³-hybridized carbons (Fsp3) is 0.267. The van der Waals surface area contributed by atoms with Gasteiger partial charge in [0.25, 0.3) is 0 Å². The van der Waals surface area contributed by atoms with Crippen LogP contribution in [0.3, 0.4) is 0 Å². The van der Waals surface area contributed by atoms with E-state index in [4.69, 9.17) is 9.47 Å². The molecule has 0 amide bonds. The summed E-state index contributed by atoms with van der Waals surface area (Å²) in [6.07, 6.45) is 1.59. The number of ether oxygens (including phenoxy) is 2. The summed E-state index contributed by atoms with van der Waals surface area (Å²) in [6.45, 7) is 1.93. The van der Waals surface area contributed by atoms with Crippen LogP contribution >= 0.6 is 0 Å². The first-order valence-electron chi connectivity index (χ1n) is 6.16. The van der Waals surface area contributed by atoms with E-state index in [0.29, 0.717) is 22.9 Å². The van der Waals surface area contributed by atoms with Crippen LogP contribution in [0.2, 0.25) is 0 Å². The fourth-order valence-corrected chi connectivity index (χ4v) is 1.85. The molecule has 0 saturated carbocycles. The average Bonchev–Trinajstić information content (AvgIpc) is 2.47. The highest BCUT2D eigenvalue weighted by Crippen LogP contribution is 2.20. The minimum Gasteiger partial charge on any atom is -0.496 e. The van der Waals surface area contributed by atoms with Gasteiger partial charge in [-0.2, -0.15) is 0 Å². The van der Waals surface area contributed by atoms with Crippen molar-refractivity contribution in [2.75, 3.05) is 14.2 Å². The molecule has 0 aliphatic carbocycles. The molecule has 20 heavy (non-hydrogen) atoms. The topological polar surface area (TPSA) is 61.3 Å². The summed E-state index contributed by atoms with van der Waals surface area (Å²) in [5.74, 6) is 1.13. The summed E-state index contributed by atoms with van der Waals surface area (Å²) in [7, 11) is 3.12. The van der Waals surface area contributed by atoms with Crippen molar-refractivity contribution in [3.05, 3.63) is 47.4 Å². The Bertz CT molecular complexity index is 626. The molecule has 0 atom stereocenters. The molecule has 0 bridgehead atoms. The lowest BCUT2D eigenvalue weighted by Gasteiger charge is -2.07. The number of nitrogens with zero attached hydrogens (tertiary/aromatic N) is 2. The standard InChI is InChI=1S/C15H16N2O3/c1-10-4-5-11(6-14(10)19-2)13(18)7-12-8-15(20-3)17-9-16-12/h4-6,8-9H,7H2,1-3H3. The van der Waals surface area contributed by atoms with Gasteiger partial charge in [0.2, 0.25) is 5.88 Å². The predicted octanol–water partition coefficient (Wildman–Crippen LogP) is 2.23. The molecule has 1 heterocycles. The molecule has 1 aromatic carbocycles. The van der Waals surface area contributed by atoms with Crippen LogP contribution in [0.15, 0.2) is 30.6 Å². The van der Waals surface area contributed by atoms with Gasteiger partial charge < -0.3 is 9.47 Å². The van der Waals surface area contributed by atoms with E-state index in [9.17, 15) is 4.79 Å². The highest BCUT2D eigenvalue weighted by atomic mass is 16.5. The SMILES string of the molecule is COc1cc(CC(=O)c2ccc(C)c(OC)c2)ncn1. The normalized spacial score (nSPS) is 10.2. The van der Waals surface area contributed by atoms with Gasteiger partial charge >= 0.3 is 0 Å². The lowest BCUT2D eigenvalue weighted by atomic mass is 10.0. The second kappa shape index (κ2) is 6.14. The second-order valence-electron chi connectivity index (χ2n) is 4.34. The largest absolute Gasteiger partial charge is 0.496 e. The quantitative estimate of drug-likeness (QED) is 0.781. The summed E-state index contributed by atoms with van der Waals surface area (Å²) < 4.78 is 10.2. The Labute approximate surface area is 117 Å². The number of carbonyl (C=O) groups is 1. The van der Waals surface area contributed by atoms with Crippen molar-refractivity contribution < 1.29 is 14.3 Å². The lowest BCUT2D eigenvalue weighted by molar-refractivity contribution is 0.0991. The fourth-order valence-electron chi connectivity index (χ4n) is 1.85. The van der Waals surface area contributed by atoms with E-state index in [2.05, 4.69) is 9.97 Å². The molecule has 2 rings (SSSR count). The number of rotatable bonds is 5. The van der Waals surface area contributed by atoms with Gasteiger partial charge in [0, 0.05) is 11.6 Å². The zero-order chi connectivity index (χ0) is 14.5. The molecule has 0 fully saturated rings. The molecule has 0 saturated heterocycles. The molecule has 5 heteroatoms. The number of carbonyl (C=O) groups excluding carboxylic acids is 1. The Balaban J connectivity index is 2.19. The van der Waals surface area contributed by atoms with E-state index in [-0.39, 0.29) is 12.2 Å². The smallest absolute Gasteiger partial charge is 0.216 e. The minimum absolute atomic E-state index is 0.0240. The summed E-state index contributed by atoms with van der Waals surface area (Å²) in [5.41, 5.74) is 2.22. The molecular weight excluding hydrogens is 256 g/mol. The van der Waals surface area contributed by atoms with E-state index in [1.165, 1.54) is 13.4 Å². The zero-order valence-corrected chi connectivity index (χ0v) is 11.7. The van der Waals surface area contributed by atoms with E-state index in [1.54, 1.807) is 25.3 Å². The third-order valence-electron chi connectivity index (χ3n) is 2.98. The van der Waals surface area contributed by atoms with Crippen LogP contribution in [-0.4, -0.2) is 30.0 Å². The van der Waals surface area contributed by atoms with E-state index < -0.39 is 0 Å². The highest BCUT2D eigenvalue weighted by molar-refractivity contribution is 5.97. The summed E-state index contributed by atoms with van der Waals surface area (Å²) in [6, 6.07) is 7.06. The van der Waals surface area contributed by atoms with Gasteiger partial charge in [-0.15, -0.1) is 0 Å². The van der Waals surface area contributed by atoms with Gasteiger partial charge in [-0.1, -0.05) is 12.1 Å². The third-order valence-corrected chi connectivity index (χ3v) is 2.98. The van der Waals surface area contributed by atoms with Gasteiger partial charge in [0.05, 0.1) is 26.3 Å². The van der Waals surface area contributed by atoms with E-state index >= 15 is 0 Å². The Morgan fingerprint density at radius 2 is 1.95 bits per heavy atom. The lowest BCUT2D eigenvalue weighted by Crippen LogP contribution is -2.06. The maximum Gasteiger partial charge on any atom is 0.216 e. The van der Waals surface area contributed by atoms with Crippen LogP contribution in [-0.2, 0) is 6.42 Å². The molecule has 0 aliphatic rings. The minimum atomic E-state index is -0.0240. The molecule has 0 N–H and O–H groups in total. The summed E-state index contributed by atoms with van der Waals surface area (Å²) in [5, 5.41) is 0. The van der Waals surface area contributed by atoms with Crippen LogP contribution in [0.1, 0.15) is 21.6 Å². The Morgan fingerprint density at radius 3 is 2.65 bits per heavy atom. The van der Waals surface area contributed by atoms with Crippen LogP contribution in [0.4, 0.5) is 0 Å². The number of ketones is 1. The number of aryl methyl sites for hydroxylation is 1. The van der Waals surface area contributed by atoms with E-state index in [1.807, 2.05) is 13.0 Å². The maximum atomic E-state index is 12.2.